The number of fused-ring (bicyclic) bond motifs is 1. The van der Waals surface area contributed by atoms with Gasteiger partial charge in [0, 0.05) is 11.8 Å². The van der Waals surface area contributed by atoms with Crippen molar-refractivity contribution >= 4 is 11.4 Å². The Morgan fingerprint density at radius 3 is 2.00 bits per heavy atom. The van der Waals surface area contributed by atoms with Crippen LogP contribution < -0.4 is 0 Å². The van der Waals surface area contributed by atoms with Crippen LogP contribution in [0.1, 0.15) is 29.5 Å². The van der Waals surface area contributed by atoms with Crippen molar-refractivity contribution in [2.45, 2.75) is 26.7 Å². The highest BCUT2D eigenvalue weighted by Crippen LogP contribution is 2.54. The van der Waals surface area contributed by atoms with E-state index in [1.807, 2.05) is 18.2 Å². The summed E-state index contributed by atoms with van der Waals surface area (Å²) in [6.45, 7) is 4.11. The van der Waals surface area contributed by atoms with Gasteiger partial charge in [0.1, 0.15) is 5.76 Å². The Hall–Kier alpha value is -2.61. The number of Topliss-reactive ketones (excluding diaryl/α,β-unsaturated/α-hetero) is 1. The van der Waals surface area contributed by atoms with E-state index >= 15 is 0 Å². The zero-order valence-electron chi connectivity index (χ0n) is 15.8. The van der Waals surface area contributed by atoms with Crippen LogP contribution in [0.15, 0.2) is 60.4 Å². The molecule has 136 valence electrons. The summed E-state index contributed by atoms with van der Waals surface area (Å²) >= 11 is 0. The van der Waals surface area contributed by atoms with E-state index in [0.717, 1.165) is 35.1 Å². The van der Waals surface area contributed by atoms with E-state index in [1.54, 1.807) is 0 Å². The van der Waals surface area contributed by atoms with Crippen molar-refractivity contribution in [3.8, 4) is 11.1 Å². The lowest BCUT2D eigenvalue weighted by atomic mass is 9.63. The van der Waals surface area contributed by atoms with Gasteiger partial charge in [0.2, 0.25) is 0 Å². The molecule has 2 aromatic rings. The smallest absolute Gasteiger partial charge is 0.171 e. The minimum atomic E-state index is -0.0589. The van der Waals surface area contributed by atoms with Gasteiger partial charge in [-0.25, -0.2) is 0 Å². The van der Waals surface area contributed by atoms with Crippen LogP contribution >= 0.6 is 0 Å². The largest absolute Gasteiger partial charge is 0.511 e. The first-order valence-electron chi connectivity index (χ1n) is 9.89. The summed E-state index contributed by atoms with van der Waals surface area (Å²) in [7, 11) is 0. The van der Waals surface area contributed by atoms with Gasteiger partial charge >= 0.3 is 0 Å². The van der Waals surface area contributed by atoms with Crippen molar-refractivity contribution in [1.29, 1.82) is 0 Å². The van der Waals surface area contributed by atoms with Crippen molar-refractivity contribution in [1.82, 2.24) is 0 Å². The molecule has 0 aliphatic heterocycles. The molecule has 2 nitrogen and oxygen atoms in total. The fourth-order valence-electron chi connectivity index (χ4n) is 5.59. The molecular formula is C25H24O2. The van der Waals surface area contributed by atoms with E-state index in [1.165, 1.54) is 5.56 Å². The number of aliphatic hydroxyl groups is 1. The zero-order chi connectivity index (χ0) is 18.7. The fourth-order valence-corrected chi connectivity index (χ4v) is 5.59. The highest BCUT2D eigenvalue weighted by atomic mass is 16.3. The van der Waals surface area contributed by atoms with Gasteiger partial charge in [-0.2, -0.15) is 0 Å². The number of aliphatic hydroxyl groups excluding tert-OH is 1. The van der Waals surface area contributed by atoms with Crippen molar-refractivity contribution in [2.24, 2.45) is 23.7 Å². The lowest BCUT2D eigenvalue weighted by molar-refractivity contribution is -0.120. The van der Waals surface area contributed by atoms with E-state index in [4.69, 9.17) is 0 Å². The van der Waals surface area contributed by atoms with Gasteiger partial charge in [-0.3, -0.25) is 4.79 Å². The third-order valence-corrected chi connectivity index (χ3v) is 6.76. The summed E-state index contributed by atoms with van der Waals surface area (Å²) in [5, 5.41) is 11.1. The number of allylic oxidation sites excluding steroid dienone is 4. The van der Waals surface area contributed by atoms with Gasteiger partial charge in [0.25, 0.3) is 0 Å². The topological polar surface area (TPSA) is 37.3 Å². The molecule has 0 spiro atoms. The van der Waals surface area contributed by atoms with E-state index in [2.05, 4.69) is 50.3 Å². The molecule has 2 bridgehead atoms. The van der Waals surface area contributed by atoms with Crippen molar-refractivity contribution in [3.05, 3.63) is 77.1 Å². The van der Waals surface area contributed by atoms with Crippen LogP contribution in [0.3, 0.4) is 0 Å². The van der Waals surface area contributed by atoms with Crippen LogP contribution in [0.4, 0.5) is 0 Å². The first kappa shape index (κ1) is 16.6. The third-order valence-electron chi connectivity index (χ3n) is 6.76. The second-order valence-corrected chi connectivity index (χ2v) is 8.32. The van der Waals surface area contributed by atoms with Gasteiger partial charge in [-0.1, -0.05) is 54.6 Å². The molecule has 1 saturated carbocycles. The average Bonchev–Trinajstić information content (AvgIpc) is 2.96. The molecule has 6 rings (SSSR count). The Balaban J connectivity index is 1.62. The SMILES string of the molecule is Cc1cc(-c2ccccc2)cc(C)c1C1=C(O)C2C3C=CC(CC3)C2C1=O. The number of hydrogen-bond acceptors (Lipinski definition) is 2. The third kappa shape index (κ3) is 2.36. The molecule has 0 aromatic heterocycles. The number of ketones is 1. The predicted molar refractivity (Wildman–Crippen MR) is 108 cm³/mol. The number of carbonyl (C=O) groups is 1. The fraction of sp³-hybridized carbons (Fsp3) is 0.320. The van der Waals surface area contributed by atoms with Gasteiger partial charge in [-0.15, -0.1) is 0 Å². The minimum Gasteiger partial charge on any atom is -0.511 e. The van der Waals surface area contributed by atoms with Crippen LogP contribution in [0.25, 0.3) is 16.7 Å². The molecular weight excluding hydrogens is 332 g/mol. The Morgan fingerprint density at radius 1 is 0.852 bits per heavy atom. The Labute approximate surface area is 160 Å². The number of rotatable bonds is 2. The summed E-state index contributed by atoms with van der Waals surface area (Å²) < 4.78 is 0. The molecule has 4 atom stereocenters. The molecule has 0 saturated heterocycles. The van der Waals surface area contributed by atoms with Crippen LogP contribution in [-0.2, 0) is 4.79 Å². The summed E-state index contributed by atoms with van der Waals surface area (Å²) in [6.07, 6.45) is 6.58. The highest BCUT2D eigenvalue weighted by molar-refractivity contribution is 6.25. The van der Waals surface area contributed by atoms with E-state index in [-0.39, 0.29) is 23.5 Å². The molecule has 4 unspecified atom stereocenters. The quantitative estimate of drug-likeness (QED) is 0.706. The van der Waals surface area contributed by atoms with Gasteiger partial charge in [0.05, 0.1) is 5.57 Å². The first-order valence-corrected chi connectivity index (χ1v) is 9.89. The molecule has 0 amide bonds. The molecule has 2 heteroatoms. The molecule has 0 heterocycles. The van der Waals surface area contributed by atoms with E-state index in [9.17, 15) is 9.90 Å². The maximum atomic E-state index is 13.3. The number of hydrogen-bond donors (Lipinski definition) is 1. The maximum absolute atomic E-state index is 13.3. The number of aryl methyl sites for hydroxylation is 2. The van der Waals surface area contributed by atoms with Crippen molar-refractivity contribution in [3.63, 3.8) is 0 Å². The van der Waals surface area contributed by atoms with Crippen LogP contribution in [0.2, 0.25) is 0 Å². The molecule has 1 N–H and O–H groups in total. The summed E-state index contributed by atoms with van der Waals surface area (Å²) in [4.78, 5) is 13.3. The minimum absolute atomic E-state index is 0.0103. The number of carbonyl (C=O) groups excluding carboxylic acids is 1. The molecule has 2 aromatic carbocycles. The second-order valence-electron chi connectivity index (χ2n) is 8.32. The van der Waals surface area contributed by atoms with Crippen LogP contribution in [0, 0.1) is 37.5 Å². The zero-order valence-corrected chi connectivity index (χ0v) is 15.8. The maximum Gasteiger partial charge on any atom is 0.171 e. The average molecular weight is 356 g/mol. The lowest BCUT2D eigenvalue weighted by Crippen LogP contribution is -2.38. The standard InChI is InChI=1S/C25H24O2/c1-14-12-19(16-6-4-3-5-7-16)13-15(2)20(14)23-24(26)21-17-8-9-18(11-10-17)22(21)25(23)27/h3-9,12-13,17-18,21-22,26H,10-11H2,1-2H3. The highest BCUT2D eigenvalue weighted by Gasteiger charge is 2.53. The molecule has 0 radical (unpaired) electrons. The Bertz CT molecular complexity index is 973. The molecule has 4 aliphatic rings. The van der Waals surface area contributed by atoms with Crippen LogP contribution in [0.5, 0.6) is 0 Å². The summed E-state index contributed by atoms with van der Waals surface area (Å²) in [5.41, 5.74) is 5.96. The normalized spacial score (nSPS) is 28.7. The summed E-state index contributed by atoms with van der Waals surface area (Å²) in [5.74, 6) is 1.01. The Morgan fingerprint density at radius 2 is 1.44 bits per heavy atom. The molecule has 27 heavy (non-hydrogen) atoms. The number of benzene rings is 2. The van der Waals surface area contributed by atoms with Crippen molar-refractivity contribution < 1.29 is 9.90 Å². The van der Waals surface area contributed by atoms with Gasteiger partial charge in [0.15, 0.2) is 5.78 Å². The van der Waals surface area contributed by atoms with E-state index in [0.29, 0.717) is 17.3 Å². The Kier molecular flexibility index (Phi) is 3.65. The van der Waals surface area contributed by atoms with Gasteiger partial charge in [-0.05, 0) is 66.3 Å². The first-order chi connectivity index (χ1) is 13.1. The van der Waals surface area contributed by atoms with Crippen LogP contribution in [-0.4, -0.2) is 10.9 Å². The summed E-state index contributed by atoms with van der Waals surface area (Å²) in [6, 6.07) is 14.6. The molecule has 4 aliphatic carbocycles. The van der Waals surface area contributed by atoms with E-state index < -0.39 is 0 Å². The monoisotopic (exact) mass is 356 g/mol. The predicted octanol–water partition coefficient (Wildman–Crippen LogP) is 5.65. The lowest BCUT2D eigenvalue weighted by Gasteiger charge is -2.40. The van der Waals surface area contributed by atoms with Gasteiger partial charge < -0.3 is 5.11 Å². The van der Waals surface area contributed by atoms with Crippen molar-refractivity contribution in [2.75, 3.05) is 0 Å². The second kappa shape index (κ2) is 5.95. The molecule has 1 fully saturated rings.